The average Bonchev–Trinajstić information content (AvgIpc) is 2.52. The lowest BCUT2D eigenvalue weighted by atomic mass is 10.1. The van der Waals surface area contributed by atoms with Crippen molar-refractivity contribution in [3.05, 3.63) is 59.5 Å². The van der Waals surface area contributed by atoms with Crippen molar-refractivity contribution in [2.24, 2.45) is 0 Å². The molecule has 24 heavy (non-hydrogen) atoms. The second kappa shape index (κ2) is 6.54. The van der Waals surface area contributed by atoms with E-state index in [0.717, 1.165) is 16.7 Å². The first kappa shape index (κ1) is 15.7. The number of nitrogens with one attached hydrogen (secondary N) is 1. The topological polar surface area (TPSA) is 86.0 Å². The molecule has 0 fully saturated rings. The fourth-order valence-electron chi connectivity index (χ4n) is 2.39. The summed E-state index contributed by atoms with van der Waals surface area (Å²) < 4.78 is 5.84. The second-order valence-electron chi connectivity index (χ2n) is 5.66. The molecule has 0 atom stereocenters. The van der Waals surface area contributed by atoms with Gasteiger partial charge in [-0.1, -0.05) is 12.1 Å². The van der Waals surface area contributed by atoms with Crippen LogP contribution >= 0.6 is 0 Å². The third kappa shape index (κ3) is 3.43. The number of rotatable bonds is 4. The minimum atomic E-state index is 0.311. The maximum absolute atomic E-state index is 6.16. The van der Waals surface area contributed by atoms with Crippen LogP contribution in [-0.2, 0) is 0 Å². The van der Waals surface area contributed by atoms with Gasteiger partial charge >= 0.3 is 0 Å². The molecule has 6 heteroatoms. The summed E-state index contributed by atoms with van der Waals surface area (Å²) in [6.07, 6.45) is 3.12. The molecule has 0 saturated carbocycles. The molecule has 0 aliphatic heterocycles. The summed E-state index contributed by atoms with van der Waals surface area (Å²) in [6.45, 7) is 5.99. The van der Waals surface area contributed by atoms with Crippen LogP contribution in [-0.4, -0.2) is 15.0 Å². The molecule has 0 amide bonds. The summed E-state index contributed by atoms with van der Waals surface area (Å²) in [5, 5.41) is 3.12. The van der Waals surface area contributed by atoms with Crippen LogP contribution in [0.5, 0.6) is 11.6 Å². The Bertz CT molecular complexity index is 859. The van der Waals surface area contributed by atoms with Crippen molar-refractivity contribution >= 4 is 17.3 Å². The predicted molar refractivity (Wildman–Crippen MR) is 94.7 cm³/mol. The first-order valence-corrected chi connectivity index (χ1v) is 7.58. The molecule has 0 aliphatic carbocycles. The van der Waals surface area contributed by atoms with E-state index in [0.29, 0.717) is 29.0 Å². The Morgan fingerprint density at radius 1 is 0.958 bits per heavy atom. The van der Waals surface area contributed by atoms with Crippen LogP contribution in [0.4, 0.5) is 17.3 Å². The van der Waals surface area contributed by atoms with E-state index in [1.165, 1.54) is 6.33 Å². The Hall–Kier alpha value is -3.15. The van der Waals surface area contributed by atoms with Crippen LogP contribution in [0.3, 0.4) is 0 Å². The van der Waals surface area contributed by atoms with Gasteiger partial charge in [-0.3, -0.25) is 0 Å². The van der Waals surface area contributed by atoms with Gasteiger partial charge in [0.2, 0.25) is 5.88 Å². The molecule has 0 spiro atoms. The number of aromatic nitrogens is 3. The van der Waals surface area contributed by atoms with E-state index >= 15 is 0 Å². The Morgan fingerprint density at radius 3 is 2.42 bits per heavy atom. The minimum Gasteiger partial charge on any atom is -0.437 e. The van der Waals surface area contributed by atoms with E-state index in [9.17, 15) is 0 Å². The van der Waals surface area contributed by atoms with Gasteiger partial charge in [-0.2, -0.15) is 4.98 Å². The molecular weight excluding hydrogens is 302 g/mol. The van der Waals surface area contributed by atoms with Crippen LogP contribution in [0, 0.1) is 20.8 Å². The van der Waals surface area contributed by atoms with Crippen LogP contribution in [0.1, 0.15) is 16.7 Å². The lowest BCUT2D eigenvalue weighted by Gasteiger charge is -2.13. The van der Waals surface area contributed by atoms with Gasteiger partial charge in [0.15, 0.2) is 5.82 Å². The predicted octanol–water partition coefficient (Wildman–Crippen LogP) is 3.91. The Kier molecular flexibility index (Phi) is 4.29. The molecule has 2 aromatic heterocycles. The van der Waals surface area contributed by atoms with Gasteiger partial charge in [0.25, 0.3) is 0 Å². The molecule has 122 valence electrons. The standard InChI is InChI=1S/C18H19N5O/c1-11-7-12(2)9-14(8-11)24-18-15(19)17(21-10-22-18)23-16-13(3)5-4-6-20-16/h4-10H,19H2,1-3H3,(H,20,21,22,23). The van der Waals surface area contributed by atoms with E-state index in [2.05, 4.69) is 26.3 Å². The van der Waals surface area contributed by atoms with Gasteiger partial charge in [0, 0.05) is 6.20 Å². The highest BCUT2D eigenvalue weighted by atomic mass is 16.5. The Morgan fingerprint density at radius 2 is 1.71 bits per heavy atom. The molecule has 0 saturated heterocycles. The van der Waals surface area contributed by atoms with Crippen LogP contribution in [0.15, 0.2) is 42.9 Å². The largest absolute Gasteiger partial charge is 0.437 e. The lowest BCUT2D eigenvalue weighted by molar-refractivity contribution is 0.464. The molecule has 0 unspecified atom stereocenters. The molecule has 0 bridgehead atoms. The number of hydrogen-bond donors (Lipinski definition) is 2. The van der Waals surface area contributed by atoms with Crippen molar-refractivity contribution in [2.75, 3.05) is 11.1 Å². The van der Waals surface area contributed by atoms with Gasteiger partial charge in [-0.05, 0) is 55.7 Å². The summed E-state index contributed by atoms with van der Waals surface area (Å²) in [4.78, 5) is 12.6. The molecule has 1 aromatic carbocycles. The third-order valence-corrected chi connectivity index (χ3v) is 3.50. The number of benzene rings is 1. The van der Waals surface area contributed by atoms with E-state index in [4.69, 9.17) is 10.5 Å². The Labute approximate surface area is 140 Å². The van der Waals surface area contributed by atoms with Crippen molar-refractivity contribution in [1.29, 1.82) is 0 Å². The van der Waals surface area contributed by atoms with Gasteiger partial charge in [-0.15, -0.1) is 0 Å². The Balaban J connectivity index is 1.89. The minimum absolute atomic E-state index is 0.311. The van der Waals surface area contributed by atoms with Crippen molar-refractivity contribution in [3.8, 4) is 11.6 Å². The van der Waals surface area contributed by atoms with Gasteiger partial charge in [-0.25, -0.2) is 9.97 Å². The quantitative estimate of drug-likeness (QED) is 0.757. The number of nitrogen functional groups attached to an aromatic ring is 1. The number of hydrogen-bond acceptors (Lipinski definition) is 6. The van der Waals surface area contributed by atoms with Gasteiger partial charge in [0.05, 0.1) is 0 Å². The van der Waals surface area contributed by atoms with Crippen LogP contribution in [0.2, 0.25) is 0 Å². The van der Waals surface area contributed by atoms with E-state index < -0.39 is 0 Å². The third-order valence-electron chi connectivity index (χ3n) is 3.50. The van der Waals surface area contributed by atoms with Gasteiger partial charge < -0.3 is 15.8 Å². The van der Waals surface area contributed by atoms with Crippen molar-refractivity contribution in [2.45, 2.75) is 20.8 Å². The maximum Gasteiger partial charge on any atom is 0.248 e. The summed E-state index contributed by atoms with van der Waals surface area (Å²) in [6, 6.07) is 9.78. The number of nitrogens with zero attached hydrogens (tertiary/aromatic N) is 3. The molecule has 3 N–H and O–H groups in total. The highest BCUT2D eigenvalue weighted by Crippen LogP contribution is 2.31. The number of nitrogens with two attached hydrogens (primary N) is 1. The molecule has 2 heterocycles. The fourth-order valence-corrected chi connectivity index (χ4v) is 2.39. The first-order chi connectivity index (χ1) is 11.5. The smallest absolute Gasteiger partial charge is 0.248 e. The monoisotopic (exact) mass is 321 g/mol. The molecular formula is C18H19N5O. The fraction of sp³-hybridized carbons (Fsp3) is 0.167. The maximum atomic E-state index is 6.16. The highest BCUT2D eigenvalue weighted by Gasteiger charge is 2.12. The lowest BCUT2D eigenvalue weighted by Crippen LogP contribution is -2.05. The molecule has 0 radical (unpaired) electrons. The summed E-state index contributed by atoms with van der Waals surface area (Å²) in [5.74, 6) is 2.16. The van der Waals surface area contributed by atoms with Crippen molar-refractivity contribution in [1.82, 2.24) is 15.0 Å². The van der Waals surface area contributed by atoms with Crippen molar-refractivity contribution < 1.29 is 4.74 Å². The van der Waals surface area contributed by atoms with Gasteiger partial charge in [0.1, 0.15) is 23.6 Å². The summed E-state index contributed by atoms with van der Waals surface area (Å²) >= 11 is 0. The van der Waals surface area contributed by atoms with Crippen molar-refractivity contribution in [3.63, 3.8) is 0 Å². The van der Waals surface area contributed by atoms with E-state index in [-0.39, 0.29) is 0 Å². The normalized spacial score (nSPS) is 10.5. The highest BCUT2D eigenvalue weighted by molar-refractivity contribution is 5.72. The van der Waals surface area contributed by atoms with Crippen LogP contribution in [0.25, 0.3) is 0 Å². The number of pyridine rings is 1. The zero-order valence-corrected chi connectivity index (χ0v) is 13.9. The van der Waals surface area contributed by atoms with E-state index in [1.54, 1.807) is 6.20 Å². The molecule has 3 rings (SSSR count). The second-order valence-corrected chi connectivity index (χ2v) is 5.66. The molecule has 3 aromatic rings. The summed E-state index contributed by atoms with van der Waals surface area (Å²) in [5.41, 5.74) is 9.72. The SMILES string of the molecule is Cc1cc(C)cc(Oc2ncnc(Nc3ncccc3C)c2N)c1. The zero-order valence-electron chi connectivity index (χ0n) is 13.9. The summed E-state index contributed by atoms with van der Waals surface area (Å²) in [7, 11) is 0. The molecule has 6 nitrogen and oxygen atoms in total. The van der Waals surface area contributed by atoms with Crippen LogP contribution < -0.4 is 15.8 Å². The van der Waals surface area contributed by atoms with E-state index in [1.807, 2.05) is 45.0 Å². The average molecular weight is 321 g/mol. The first-order valence-electron chi connectivity index (χ1n) is 7.58. The number of anilines is 3. The number of ether oxygens (including phenoxy) is 1. The zero-order chi connectivity index (χ0) is 17.1. The molecule has 0 aliphatic rings. The number of aryl methyl sites for hydroxylation is 3.